The summed E-state index contributed by atoms with van der Waals surface area (Å²) in [4.78, 5) is 0. The molecule has 2 nitrogen and oxygen atoms in total. The molecule has 0 bridgehead atoms. The maximum atomic E-state index is 6.33. The Morgan fingerprint density at radius 2 is 1.53 bits per heavy atom. The van der Waals surface area contributed by atoms with Gasteiger partial charge in [-0.25, -0.2) is 0 Å². The minimum atomic E-state index is -0.342. The molecule has 0 heterocycles. The molecule has 2 heteroatoms. The van der Waals surface area contributed by atoms with Crippen molar-refractivity contribution in [2.24, 2.45) is 5.73 Å². The molecule has 19 heavy (non-hydrogen) atoms. The van der Waals surface area contributed by atoms with Gasteiger partial charge in [-0.15, -0.1) is 0 Å². The summed E-state index contributed by atoms with van der Waals surface area (Å²) in [5, 5.41) is 0. The molecule has 100 valence electrons. The Morgan fingerprint density at radius 3 is 2.11 bits per heavy atom. The van der Waals surface area contributed by atoms with Crippen molar-refractivity contribution in [1.29, 1.82) is 0 Å². The van der Waals surface area contributed by atoms with E-state index in [2.05, 4.69) is 48.5 Å². The van der Waals surface area contributed by atoms with E-state index in [4.69, 9.17) is 10.5 Å². The summed E-state index contributed by atoms with van der Waals surface area (Å²) in [5.74, 6) is 0. The van der Waals surface area contributed by atoms with E-state index >= 15 is 0 Å². The molecule has 0 amide bonds. The van der Waals surface area contributed by atoms with Gasteiger partial charge in [0.25, 0.3) is 0 Å². The molecule has 0 aliphatic heterocycles. The zero-order valence-corrected chi connectivity index (χ0v) is 11.6. The van der Waals surface area contributed by atoms with Crippen molar-refractivity contribution in [2.45, 2.75) is 18.9 Å². The lowest BCUT2D eigenvalue weighted by molar-refractivity contribution is 0.172. The Morgan fingerprint density at radius 1 is 0.947 bits per heavy atom. The fraction of sp³-hybridized carbons (Fsp3) is 0.294. The largest absolute Gasteiger partial charge is 0.385 e. The molecule has 0 spiro atoms. The summed E-state index contributed by atoms with van der Waals surface area (Å²) >= 11 is 0. The van der Waals surface area contributed by atoms with Gasteiger partial charge in [0.1, 0.15) is 0 Å². The summed E-state index contributed by atoms with van der Waals surface area (Å²) in [7, 11) is 1.70. The van der Waals surface area contributed by atoms with E-state index in [0.717, 1.165) is 12.0 Å². The van der Waals surface area contributed by atoms with Crippen LogP contribution in [0.25, 0.3) is 11.1 Å². The molecule has 2 aromatic carbocycles. The number of rotatable bonds is 5. The third-order valence-electron chi connectivity index (χ3n) is 3.48. The predicted octanol–water partition coefficient (Wildman–Crippen LogP) is 3.56. The van der Waals surface area contributed by atoms with Crippen LogP contribution >= 0.6 is 0 Å². The van der Waals surface area contributed by atoms with Crippen molar-refractivity contribution in [3.05, 3.63) is 60.2 Å². The third kappa shape index (κ3) is 3.43. The standard InChI is InChI=1S/C17H21NO/c1-17(18,12-13-19-2)16-10-8-15(9-11-16)14-6-4-3-5-7-14/h3-11H,12-13,18H2,1-2H3. The maximum Gasteiger partial charge on any atom is 0.0482 e. The topological polar surface area (TPSA) is 35.2 Å². The van der Waals surface area contributed by atoms with Crippen LogP contribution in [-0.2, 0) is 10.3 Å². The fourth-order valence-corrected chi connectivity index (χ4v) is 2.13. The second-order valence-electron chi connectivity index (χ2n) is 5.10. The van der Waals surface area contributed by atoms with Gasteiger partial charge in [0, 0.05) is 19.3 Å². The number of nitrogens with two attached hydrogens (primary N) is 1. The van der Waals surface area contributed by atoms with Crippen LogP contribution in [0.4, 0.5) is 0 Å². The molecule has 0 aliphatic rings. The smallest absolute Gasteiger partial charge is 0.0482 e. The highest BCUT2D eigenvalue weighted by atomic mass is 16.5. The first-order valence-corrected chi connectivity index (χ1v) is 6.57. The van der Waals surface area contributed by atoms with E-state index < -0.39 is 0 Å². The number of hydrogen-bond acceptors (Lipinski definition) is 2. The second kappa shape index (κ2) is 6.00. The summed E-state index contributed by atoms with van der Waals surface area (Å²) in [5.41, 5.74) is 9.57. The molecule has 2 aromatic rings. The summed E-state index contributed by atoms with van der Waals surface area (Å²) in [6.45, 7) is 2.72. The van der Waals surface area contributed by atoms with Gasteiger partial charge in [0.15, 0.2) is 0 Å². The lowest BCUT2D eigenvalue weighted by Gasteiger charge is -2.25. The Hall–Kier alpha value is -1.64. The molecule has 2 N–H and O–H groups in total. The van der Waals surface area contributed by atoms with Crippen LogP contribution in [0, 0.1) is 0 Å². The van der Waals surface area contributed by atoms with Crippen LogP contribution in [0.2, 0.25) is 0 Å². The number of hydrogen-bond donors (Lipinski definition) is 1. The van der Waals surface area contributed by atoms with Crippen molar-refractivity contribution in [1.82, 2.24) is 0 Å². The van der Waals surface area contributed by atoms with Crippen molar-refractivity contribution >= 4 is 0 Å². The number of ether oxygens (including phenoxy) is 1. The average molecular weight is 255 g/mol. The summed E-state index contributed by atoms with van der Waals surface area (Å²) < 4.78 is 5.11. The minimum absolute atomic E-state index is 0.342. The van der Waals surface area contributed by atoms with Crippen molar-refractivity contribution in [2.75, 3.05) is 13.7 Å². The lowest BCUT2D eigenvalue weighted by atomic mass is 9.89. The fourth-order valence-electron chi connectivity index (χ4n) is 2.13. The molecule has 1 atom stereocenters. The summed E-state index contributed by atoms with van der Waals surface area (Å²) in [6, 6.07) is 18.8. The van der Waals surface area contributed by atoms with Crippen molar-refractivity contribution < 1.29 is 4.74 Å². The van der Waals surface area contributed by atoms with E-state index in [1.165, 1.54) is 11.1 Å². The average Bonchev–Trinajstić information content (AvgIpc) is 2.46. The first kappa shape index (κ1) is 13.8. The molecule has 0 fully saturated rings. The lowest BCUT2D eigenvalue weighted by Crippen LogP contribution is -2.34. The van der Waals surface area contributed by atoms with E-state index in [1.807, 2.05) is 13.0 Å². The molecule has 0 aliphatic carbocycles. The zero-order valence-electron chi connectivity index (χ0n) is 11.6. The van der Waals surface area contributed by atoms with Gasteiger partial charge in [-0.2, -0.15) is 0 Å². The van der Waals surface area contributed by atoms with E-state index in [1.54, 1.807) is 7.11 Å². The van der Waals surface area contributed by atoms with Gasteiger partial charge in [-0.05, 0) is 30.0 Å². The Bertz CT molecular complexity index is 503. The van der Waals surface area contributed by atoms with Gasteiger partial charge in [0.05, 0.1) is 0 Å². The van der Waals surface area contributed by atoms with E-state index in [0.29, 0.717) is 6.61 Å². The number of methoxy groups -OCH3 is 1. The summed E-state index contributed by atoms with van der Waals surface area (Å²) in [6.07, 6.45) is 0.814. The highest BCUT2D eigenvalue weighted by molar-refractivity contribution is 5.63. The highest BCUT2D eigenvalue weighted by Crippen LogP contribution is 2.25. The van der Waals surface area contributed by atoms with Crippen LogP contribution in [0.5, 0.6) is 0 Å². The molecular weight excluding hydrogens is 234 g/mol. The molecule has 0 saturated heterocycles. The van der Waals surface area contributed by atoms with E-state index in [-0.39, 0.29) is 5.54 Å². The molecule has 0 aromatic heterocycles. The van der Waals surface area contributed by atoms with Crippen LogP contribution in [-0.4, -0.2) is 13.7 Å². The Balaban J connectivity index is 2.19. The first-order valence-electron chi connectivity index (χ1n) is 6.57. The van der Waals surface area contributed by atoms with Crippen molar-refractivity contribution in [3.63, 3.8) is 0 Å². The molecule has 2 rings (SSSR count). The molecule has 0 saturated carbocycles. The van der Waals surface area contributed by atoms with Crippen LogP contribution in [0.1, 0.15) is 18.9 Å². The highest BCUT2D eigenvalue weighted by Gasteiger charge is 2.20. The molecule has 0 radical (unpaired) electrons. The molecular formula is C17H21NO. The SMILES string of the molecule is COCCC(C)(N)c1ccc(-c2ccccc2)cc1. The number of benzene rings is 2. The quantitative estimate of drug-likeness (QED) is 0.886. The monoisotopic (exact) mass is 255 g/mol. The van der Waals surface area contributed by atoms with Crippen molar-refractivity contribution in [3.8, 4) is 11.1 Å². The Labute approximate surface area is 115 Å². The van der Waals surface area contributed by atoms with Crippen LogP contribution in [0.3, 0.4) is 0 Å². The predicted molar refractivity (Wildman–Crippen MR) is 79.9 cm³/mol. The van der Waals surface area contributed by atoms with Gasteiger partial charge in [0.2, 0.25) is 0 Å². The van der Waals surface area contributed by atoms with Gasteiger partial charge in [-0.3, -0.25) is 0 Å². The molecule has 1 unspecified atom stereocenters. The zero-order chi connectivity index (χ0) is 13.7. The van der Waals surface area contributed by atoms with Crippen LogP contribution < -0.4 is 5.73 Å². The minimum Gasteiger partial charge on any atom is -0.385 e. The normalized spacial score (nSPS) is 14.1. The second-order valence-corrected chi connectivity index (χ2v) is 5.10. The van der Waals surface area contributed by atoms with Gasteiger partial charge in [-0.1, -0.05) is 54.6 Å². The van der Waals surface area contributed by atoms with Crippen LogP contribution in [0.15, 0.2) is 54.6 Å². The maximum absolute atomic E-state index is 6.33. The Kier molecular flexibility index (Phi) is 4.35. The van der Waals surface area contributed by atoms with E-state index in [9.17, 15) is 0 Å². The van der Waals surface area contributed by atoms with Gasteiger partial charge < -0.3 is 10.5 Å². The van der Waals surface area contributed by atoms with Gasteiger partial charge >= 0.3 is 0 Å². The third-order valence-corrected chi connectivity index (χ3v) is 3.48. The first-order chi connectivity index (χ1) is 9.13.